The average molecular weight is 266 g/mol. The quantitative estimate of drug-likeness (QED) is 0.766. The molecule has 0 bridgehead atoms. The average Bonchev–Trinajstić information content (AvgIpc) is 2.89. The largest absolute Gasteiger partial charge is 0.504 e. The van der Waals surface area contributed by atoms with Gasteiger partial charge in [-0.15, -0.1) is 10.2 Å². The van der Waals surface area contributed by atoms with Gasteiger partial charge < -0.3 is 9.84 Å². The number of aromatic hydroxyl groups is 1. The van der Waals surface area contributed by atoms with Crippen molar-refractivity contribution in [3.63, 3.8) is 0 Å². The highest BCUT2D eigenvalue weighted by Crippen LogP contribution is 2.30. The number of rotatable bonds is 2. The van der Waals surface area contributed by atoms with Crippen molar-refractivity contribution in [2.45, 2.75) is 0 Å². The Labute approximate surface area is 114 Å². The van der Waals surface area contributed by atoms with Crippen LogP contribution in [-0.4, -0.2) is 26.8 Å². The van der Waals surface area contributed by atoms with Crippen molar-refractivity contribution >= 4 is 5.65 Å². The lowest BCUT2D eigenvalue weighted by Gasteiger charge is -2.05. The second-order valence-corrected chi connectivity index (χ2v) is 4.17. The van der Waals surface area contributed by atoms with Crippen molar-refractivity contribution in [2.24, 2.45) is 0 Å². The van der Waals surface area contributed by atoms with Crippen LogP contribution in [0.3, 0.4) is 0 Å². The lowest BCUT2D eigenvalue weighted by Crippen LogP contribution is -1.91. The van der Waals surface area contributed by atoms with E-state index >= 15 is 0 Å². The Kier molecular flexibility index (Phi) is 2.73. The molecule has 0 unspecified atom stereocenters. The monoisotopic (exact) mass is 266 g/mol. The molecule has 20 heavy (non-hydrogen) atoms. The van der Waals surface area contributed by atoms with Crippen LogP contribution in [0.15, 0.2) is 36.5 Å². The van der Waals surface area contributed by atoms with Gasteiger partial charge in [-0.3, -0.25) is 4.40 Å². The molecule has 6 nitrogen and oxygen atoms in total. The van der Waals surface area contributed by atoms with Crippen LogP contribution in [-0.2, 0) is 0 Å². The Morgan fingerprint density at radius 2 is 2.10 bits per heavy atom. The van der Waals surface area contributed by atoms with E-state index in [1.807, 2.05) is 0 Å². The number of benzene rings is 1. The van der Waals surface area contributed by atoms with Crippen molar-refractivity contribution in [3.05, 3.63) is 42.1 Å². The van der Waals surface area contributed by atoms with Crippen LogP contribution in [0.4, 0.5) is 0 Å². The molecule has 0 atom stereocenters. The summed E-state index contributed by atoms with van der Waals surface area (Å²) in [6.07, 6.45) is 1.66. The molecule has 0 saturated heterocycles. The summed E-state index contributed by atoms with van der Waals surface area (Å²) < 4.78 is 6.71. The third-order valence-electron chi connectivity index (χ3n) is 2.97. The molecule has 0 aliphatic heterocycles. The Balaban J connectivity index is 2.19. The van der Waals surface area contributed by atoms with Crippen molar-refractivity contribution in [3.8, 4) is 29.0 Å². The Hall–Kier alpha value is -3.07. The second kappa shape index (κ2) is 4.55. The third-order valence-corrected chi connectivity index (χ3v) is 2.97. The minimum Gasteiger partial charge on any atom is -0.504 e. The summed E-state index contributed by atoms with van der Waals surface area (Å²) in [5, 5.41) is 26.9. The van der Waals surface area contributed by atoms with Gasteiger partial charge in [0.1, 0.15) is 6.07 Å². The van der Waals surface area contributed by atoms with E-state index in [9.17, 15) is 5.11 Å². The van der Waals surface area contributed by atoms with Gasteiger partial charge in [-0.25, -0.2) is 0 Å². The molecule has 0 aliphatic carbocycles. The van der Waals surface area contributed by atoms with E-state index in [2.05, 4.69) is 16.3 Å². The van der Waals surface area contributed by atoms with Crippen molar-refractivity contribution < 1.29 is 9.84 Å². The van der Waals surface area contributed by atoms with Gasteiger partial charge in [0.15, 0.2) is 23.0 Å². The molecular formula is C14H10N4O2. The van der Waals surface area contributed by atoms with Crippen LogP contribution in [0.1, 0.15) is 5.56 Å². The van der Waals surface area contributed by atoms with Gasteiger partial charge in [0.25, 0.3) is 0 Å². The number of aromatic nitrogens is 3. The molecule has 6 heteroatoms. The number of phenols is 1. The highest BCUT2D eigenvalue weighted by molar-refractivity contribution is 5.64. The number of fused-ring (bicyclic) bond motifs is 1. The van der Waals surface area contributed by atoms with Gasteiger partial charge in [0.2, 0.25) is 0 Å². The highest BCUT2D eigenvalue weighted by atomic mass is 16.5. The second-order valence-electron chi connectivity index (χ2n) is 4.17. The van der Waals surface area contributed by atoms with E-state index in [1.165, 1.54) is 7.11 Å². The number of nitrogens with zero attached hydrogens (tertiary/aromatic N) is 4. The minimum atomic E-state index is 0.0261. The van der Waals surface area contributed by atoms with E-state index in [0.29, 0.717) is 28.3 Å². The zero-order chi connectivity index (χ0) is 14.1. The van der Waals surface area contributed by atoms with Gasteiger partial charge in [-0.2, -0.15) is 5.26 Å². The van der Waals surface area contributed by atoms with Crippen LogP contribution in [0, 0.1) is 11.3 Å². The first-order valence-corrected chi connectivity index (χ1v) is 5.85. The first kappa shape index (κ1) is 12.0. The zero-order valence-corrected chi connectivity index (χ0v) is 10.6. The summed E-state index contributed by atoms with van der Waals surface area (Å²) in [5.41, 5.74) is 1.83. The zero-order valence-electron chi connectivity index (χ0n) is 10.6. The predicted molar refractivity (Wildman–Crippen MR) is 71.4 cm³/mol. The molecule has 0 fully saturated rings. The van der Waals surface area contributed by atoms with Crippen LogP contribution >= 0.6 is 0 Å². The molecule has 0 saturated carbocycles. The maximum Gasteiger partial charge on any atom is 0.168 e. The molecule has 2 aromatic heterocycles. The molecule has 0 amide bonds. The van der Waals surface area contributed by atoms with Gasteiger partial charge in [-0.1, -0.05) is 0 Å². The molecule has 1 N–H and O–H groups in total. The smallest absolute Gasteiger partial charge is 0.168 e. The van der Waals surface area contributed by atoms with Crippen molar-refractivity contribution in [1.29, 1.82) is 5.26 Å². The summed E-state index contributed by atoms with van der Waals surface area (Å²) >= 11 is 0. The molecule has 1 aromatic carbocycles. The topological polar surface area (TPSA) is 83.4 Å². The maximum absolute atomic E-state index is 9.83. The van der Waals surface area contributed by atoms with Crippen LogP contribution < -0.4 is 4.74 Å². The molecule has 98 valence electrons. The van der Waals surface area contributed by atoms with E-state index < -0.39 is 0 Å². The molecule has 0 aliphatic rings. The predicted octanol–water partition coefficient (Wildman–Crippen LogP) is 1.98. The van der Waals surface area contributed by atoms with Crippen molar-refractivity contribution in [2.75, 3.05) is 7.11 Å². The number of hydrogen-bond donors (Lipinski definition) is 1. The summed E-state index contributed by atoms with van der Waals surface area (Å²) in [6, 6.07) is 10.4. The SMILES string of the molecule is COc1ccc(-c2nnc3ccc(C#N)cn23)cc1O. The number of phenolic OH excluding ortho intramolecular Hbond substituents is 1. The molecule has 2 heterocycles. The molecule has 3 rings (SSSR count). The molecule has 0 spiro atoms. The van der Waals surface area contributed by atoms with E-state index in [4.69, 9.17) is 10.00 Å². The molecule has 3 aromatic rings. The lowest BCUT2D eigenvalue weighted by molar-refractivity contribution is 0.373. The lowest BCUT2D eigenvalue weighted by atomic mass is 10.2. The molecular weight excluding hydrogens is 256 g/mol. The van der Waals surface area contributed by atoms with Crippen LogP contribution in [0.5, 0.6) is 11.5 Å². The van der Waals surface area contributed by atoms with Crippen LogP contribution in [0.2, 0.25) is 0 Å². The Bertz CT molecular complexity index is 833. The van der Waals surface area contributed by atoms with Gasteiger partial charge in [0.05, 0.1) is 12.7 Å². The highest BCUT2D eigenvalue weighted by Gasteiger charge is 2.11. The van der Waals surface area contributed by atoms with Crippen molar-refractivity contribution in [1.82, 2.24) is 14.6 Å². The fourth-order valence-electron chi connectivity index (χ4n) is 1.98. The summed E-state index contributed by atoms with van der Waals surface area (Å²) in [6.45, 7) is 0. The maximum atomic E-state index is 9.83. The standard InChI is InChI=1S/C14H10N4O2/c1-20-12-4-3-10(6-11(12)19)14-17-16-13-5-2-9(7-15)8-18(13)14/h2-6,8,19H,1H3. The number of nitriles is 1. The summed E-state index contributed by atoms with van der Waals surface area (Å²) in [7, 11) is 1.49. The van der Waals surface area contributed by atoms with E-state index in [0.717, 1.165) is 0 Å². The Morgan fingerprint density at radius 1 is 1.25 bits per heavy atom. The van der Waals surface area contributed by atoms with E-state index in [1.54, 1.807) is 40.9 Å². The minimum absolute atomic E-state index is 0.0261. The number of methoxy groups -OCH3 is 1. The number of pyridine rings is 1. The van der Waals surface area contributed by atoms with Gasteiger partial charge in [-0.05, 0) is 30.3 Å². The third kappa shape index (κ3) is 1.82. The summed E-state index contributed by atoms with van der Waals surface area (Å²) in [4.78, 5) is 0. The normalized spacial score (nSPS) is 10.4. The fourth-order valence-corrected chi connectivity index (χ4v) is 1.98. The van der Waals surface area contributed by atoms with Gasteiger partial charge >= 0.3 is 0 Å². The van der Waals surface area contributed by atoms with Gasteiger partial charge in [0, 0.05) is 11.8 Å². The number of hydrogen-bond acceptors (Lipinski definition) is 5. The first-order valence-electron chi connectivity index (χ1n) is 5.85. The van der Waals surface area contributed by atoms with Crippen LogP contribution in [0.25, 0.3) is 17.0 Å². The Morgan fingerprint density at radius 3 is 2.80 bits per heavy atom. The fraction of sp³-hybridized carbons (Fsp3) is 0.0714. The molecule has 0 radical (unpaired) electrons. The first-order chi connectivity index (χ1) is 9.72. The number of ether oxygens (including phenoxy) is 1. The van der Waals surface area contributed by atoms with E-state index in [-0.39, 0.29) is 5.75 Å². The summed E-state index contributed by atoms with van der Waals surface area (Å²) in [5.74, 6) is 0.966.